The van der Waals surface area contributed by atoms with Crippen LogP contribution in [-0.4, -0.2) is 61.1 Å². The van der Waals surface area contributed by atoms with Crippen LogP contribution in [0.15, 0.2) is 60.1 Å². The van der Waals surface area contributed by atoms with Gasteiger partial charge in [0.25, 0.3) is 0 Å². The number of guanidine groups is 1. The van der Waals surface area contributed by atoms with Crippen molar-refractivity contribution in [2.24, 2.45) is 4.99 Å². The summed E-state index contributed by atoms with van der Waals surface area (Å²) in [5.41, 5.74) is 3.28. The van der Waals surface area contributed by atoms with Crippen LogP contribution in [-0.2, 0) is 6.54 Å². The van der Waals surface area contributed by atoms with E-state index in [0.29, 0.717) is 12.6 Å². The SMILES string of the molecule is CN=C(NCc1ccc(-n2cncn2)cc1)NC1CCN(c2cc(OC)cc(OC)c2)CC1. The van der Waals surface area contributed by atoms with E-state index in [2.05, 4.69) is 54.9 Å². The maximum Gasteiger partial charge on any atom is 0.191 e. The van der Waals surface area contributed by atoms with Crippen molar-refractivity contribution in [2.75, 3.05) is 39.3 Å². The monoisotopic (exact) mass is 449 g/mol. The molecule has 0 radical (unpaired) electrons. The molecular weight excluding hydrogens is 418 g/mol. The lowest BCUT2D eigenvalue weighted by atomic mass is 10.0. The number of aromatic nitrogens is 3. The molecule has 2 heterocycles. The highest BCUT2D eigenvalue weighted by molar-refractivity contribution is 5.80. The normalized spacial score (nSPS) is 14.8. The molecule has 2 aromatic carbocycles. The number of hydrogen-bond donors (Lipinski definition) is 2. The second-order valence-electron chi connectivity index (χ2n) is 7.91. The maximum atomic E-state index is 5.42. The Morgan fingerprint density at radius 1 is 1.03 bits per heavy atom. The second kappa shape index (κ2) is 10.7. The third-order valence-corrected chi connectivity index (χ3v) is 5.84. The summed E-state index contributed by atoms with van der Waals surface area (Å²) in [6.07, 6.45) is 5.26. The highest BCUT2D eigenvalue weighted by atomic mass is 16.5. The van der Waals surface area contributed by atoms with E-state index in [0.717, 1.165) is 54.8 Å². The summed E-state index contributed by atoms with van der Waals surface area (Å²) in [5.74, 6) is 2.43. The van der Waals surface area contributed by atoms with E-state index in [1.807, 2.05) is 18.2 Å². The molecule has 0 atom stereocenters. The molecule has 174 valence electrons. The van der Waals surface area contributed by atoms with Crippen LogP contribution >= 0.6 is 0 Å². The Labute approximate surface area is 194 Å². The lowest BCUT2D eigenvalue weighted by molar-refractivity contribution is 0.393. The van der Waals surface area contributed by atoms with E-state index in [1.54, 1.807) is 32.3 Å². The number of aliphatic imine (C=N–C) groups is 1. The van der Waals surface area contributed by atoms with Crippen molar-refractivity contribution in [2.45, 2.75) is 25.4 Å². The summed E-state index contributed by atoms with van der Waals surface area (Å²) < 4.78 is 12.6. The Balaban J connectivity index is 1.27. The summed E-state index contributed by atoms with van der Waals surface area (Å²) in [5, 5.41) is 11.1. The molecule has 2 N–H and O–H groups in total. The molecule has 0 spiro atoms. The van der Waals surface area contributed by atoms with Gasteiger partial charge in [0, 0.05) is 56.6 Å². The van der Waals surface area contributed by atoms with Crippen molar-refractivity contribution < 1.29 is 9.47 Å². The number of nitrogens with one attached hydrogen (secondary N) is 2. The zero-order valence-corrected chi connectivity index (χ0v) is 19.4. The van der Waals surface area contributed by atoms with Gasteiger partial charge >= 0.3 is 0 Å². The van der Waals surface area contributed by atoms with Crippen LogP contribution in [0, 0.1) is 0 Å². The fraction of sp³-hybridized carbons (Fsp3) is 0.375. The first kappa shape index (κ1) is 22.4. The van der Waals surface area contributed by atoms with E-state index in [-0.39, 0.29) is 0 Å². The van der Waals surface area contributed by atoms with Crippen LogP contribution in [0.1, 0.15) is 18.4 Å². The van der Waals surface area contributed by atoms with Crippen molar-refractivity contribution in [3.8, 4) is 17.2 Å². The Kier molecular flexibility index (Phi) is 7.29. The van der Waals surface area contributed by atoms with Crippen molar-refractivity contribution in [1.82, 2.24) is 25.4 Å². The first-order chi connectivity index (χ1) is 16.2. The molecule has 33 heavy (non-hydrogen) atoms. The van der Waals surface area contributed by atoms with Gasteiger partial charge in [-0.2, -0.15) is 5.10 Å². The number of nitrogens with zero attached hydrogens (tertiary/aromatic N) is 5. The van der Waals surface area contributed by atoms with Crippen molar-refractivity contribution in [1.29, 1.82) is 0 Å². The fourth-order valence-electron chi connectivity index (χ4n) is 3.94. The van der Waals surface area contributed by atoms with Crippen LogP contribution in [0.4, 0.5) is 5.69 Å². The molecule has 1 aromatic heterocycles. The van der Waals surface area contributed by atoms with Crippen molar-refractivity contribution in [3.63, 3.8) is 0 Å². The lowest BCUT2D eigenvalue weighted by Gasteiger charge is -2.34. The van der Waals surface area contributed by atoms with Gasteiger partial charge in [0.15, 0.2) is 5.96 Å². The zero-order chi connectivity index (χ0) is 23.0. The molecule has 1 aliphatic rings. The van der Waals surface area contributed by atoms with Gasteiger partial charge in [-0.15, -0.1) is 0 Å². The van der Waals surface area contributed by atoms with E-state index >= 15 is 0 Å². The number of ether oxygens (including phenoxy) is 2. The number of benzene rings is 2. The van der Waals surface area contributed by atoms with E-state index in [9.17, 15) is 0 Å². The Morgan fingerprint density at radius 3 is 2.30 bits per heavy atom. The average Bonchev–Trinajstić information content (AvgIpc) is 3.42. The molecule has 1 fully saturated rings. The number of methoxy groups -OCH3 is 2. The predicted octanol–water partition coefficient (Wildman–Crippen LogP) is 2.62. The third kappa shape index (κ3) is 5.74. The number of anilines is 1. The lowest BCUT2D eigenvalue weighted by Crippen LogP contribution is -2.48. The van der Waals surface area contributed by atoms with Gasteiger partial charge in [0.2, 0.25) is 0 Å². The Morgan fingerprint density at radius 2 is 1.73 bits per heavy atom. The first-order valence-electron chi connectivity index (χ1n) is 11.1. The van der Waals surface area contributed by atoms with E-state index < -0.39 is 0 Å². The zero-order valence-electron chi connectivity index (χ0n) is 19.4. The molecule has 0 saturated carbocycles. The second-order valence-corrected chi connectivity index (χ2v) is 7.91. The van der Waals surface area contributed by atoms with Gasteiger partial charge in [0.1, 0.15) is 24.2 Å². The van der Waals surface area contributed by atoms with Crippen LogP contribution in [0.2, 0.25) is 0 Å². The largest absolute Gasteiger partial charge is 0.497 e. The molecule has 1 saturated heterocycles. The van der Waals surface area contributed by atoms with Gasteiger partial charge in [-0.25, -0.2) is 9.67 Å². The molecular formula is C24H31N7O2. The fourth-order valence-corrected chi connectivity index (χ4v) is 3.94. The predicted molar refractivity (Wildman–Crippen MR) is 129 cm³/mol. The molecule has 9 heteroatoms. The van der Waals surface area contributed by atoms with Gasteiger partial charge in [0.05, 0.1) is 19.9 Å². The smallest absolute Gasteiger partial charge is 0.191 e. The van der Waals surface area contributed by atoms with E-state index in [4.69, 9.17) is 9.47 Å². The van der Waals surface area contributed by atoms with Crippen LogP contribution in [0.5, 0.6) is 11.5 Å². The Hall–Kier alpha value is -3.75. The molecule has 0 bridgehead atoms. The van der Waals surface area contributed by atoms with Crippen LogP contribution < -0.4 is 25.0 Å². The average molecular weight is 450 g/mol. The molecule has 4 rings (SSSR count). The number of hydrogen-bond acceptors (Lipinski definition) is 6. The molecule has 1 aliphatic heterocycles. The van der Waals surface area contributed by atoms with Gasteiger partial charge in [-0.3, -0.25) is 4.99 Å². The molecule has 3 aromatic rings. The van der Waals surface area contributed by atoms with Crippen LogP contribution in [0.3, 0.4) is 0 Å². The maximum absolute atomic E-state index is 5.42. The third-order valence-electron chi connectivity index (χ3n) is 5.84. The van der Waals surface area contributed by atoms with Gasteiger partial charge in [-0.05, 0) is 30.5 Å². The summed E-state index contributed by atoms with van der Waals surface area (Å²) in [6.45, 7) is 2.60. The van der Waals surface area contributed by atoms with E-state index in [1.165, 1.54) is 11.9 Å². The summed E-state index contributed by atoms with van der Waals surface area (Å²) in [6, 6.07) is 14.6. The summed E-state index contributed by atoms with van der Waals surface area (Å²) >= 11 is 0. The summed E-state index contributed by atoms with van der Waals surface area (Å²) in [4.78, 5) is 10.8. The minimum atomic E-state index is 0.370. The minimum absolute atomic E-state index is 0.370. The number of piperidine rings is 1. The van der Waals surface area contributed by atoms with Gasteiger partial charge < -0.3 is 25.0 Å². The number of rotatable bonds is 7. The first-order valence-corrected chi connectivity index (χ1v) is 11.1. The van der Waals surface area contributed by atoms with Crippen molar-refractivity contribution in [3.05, 3.63) is 60.7 Å². The van der Waals surface area contributed by atoms with Gasteiger partial charge in [-0.1, -0.05) is 12.1 Å². The molecule has 0 aliphatic carbocycles. The Bertz CT molecular complexity index is 1020. The topological polar surface area (TPSA) is 88.8 Å². The quantitative estimate of drug-likeness (QED) is 0.423. The van der Waals surface area contributed by atoms with Crippen LogP contribution in [0.25, 0.3) is 5.69 Å². The highest BCUT2D eigenvalue weighted by Crippen LogP contribution is 2.30. The standard InChI is InChI=1S/C24H31N7O2/c1-25-24(27-15-18-4-6-20(7-5-18)31-17-26-16-28-31)29-19-8-10-30(11-9-19)21-12-22(32-2)14-23(13-21)33-3/h4-7,12-14,16-17,19H,8-11,15H2,1-3H3,(H2,25,27,29). The molecule has 0 amide bonds. The molecule has 0 unspecified atom stereocenters. The molecule has 9 nitrogen and oxygen atoms in total. The highest BCUT2D eigenvalue weighted by Gasteiger charge is 2.21. The summed E-state index contributed by atoms with van der Waals surface area (Å²) in [7, 11) is 5.16. The van der Waals surface area contributed by atoms with Crippen molar-refractivity contribution >= 4 is 11.6 Å². The minimum Gasteiger partial charge on any atom is -0.497 e.